The monoisotopic (exact) mass is 362 g/mol. The second-order valence-electron chi connectivity index (χ2n) is 8.23. The second-order valence-corrected chi connectivity index (χ2v) is 8.23. The quantitative estimate of drug-likeness (QED) is 0.447. The van der Waals surface area contributed by atoms with E-state index in [1.807, 2.05) is 13.0 Å². The Labute approximate surface area is 158 Å². The summed E-state index contributed by atoms with van der Waals surface area (Å²) in [7, 11) is 0. The molecule has 1 saturated heterocycles. The molecule has 0 amide bonds. The van der Waals surface area contributed by atoms with E-state index in [9.17, 15) is 9.90 Å². The molecule has 2 rings (SSSR count). The Morgan fingerprint density at radius 3 is 2.58 bits per heavy atom. The number of rotatable bonds is 2. The zero-order valence-electron chi connectivity index (χ0n) is 17.0. The molecule has 0 aromatic heterocycles. The van der Waals surface area contributed by atoms with Gasteiger partial charge in [0, 0.05) is 6.92 Å². The summed E-state index contributed by atoms with van der Waals surface area (Å²) >= 11 is 0. The van der Waals surface area contributed by atoms with Crippen molar-refractivity contribution in [2.75, 3.05) is 0 Å². The molecule has 2 aliphatic rings. The van der Waals surface area contributed by atoms with Gasteiger partial charge in [-0.05, 0) is 57.9 Å². The molecule has 26 heavy (non-hydrogen) atoms. The Balaban J connectivity index is 2.40. The summed E-state index contributed by atoms with van der Waals surface area (Å²) in [5, 5.41) is 11.1. The number of esters is 1. The summed E-state index contributed by atoms with van der Waals surface area (Å²) < 4.78 is 11.5. The van der Waals surface area contributed by atoms with Gasteiger partial charge in [0.25, 0.3) is 0 Å². The Morgan fingerprint density at radius 2 is 1.96 bits per heavy atom. The molecule has 0 aromatic carbocycles. The van der Waals surface area contributed by atoms with E-state index in [4.69, 9.17) is 9.47 Å². The summed E-state index contributed by atoms with van der Waals surface area (Å²) in [5.41, 5.74) is 2.88. The van der Waals surface area contributed by atoms with Crippen molar-refractivity contribution in [3.8, 4) is 0 Å². The highest BCUT2D eigenvalue weighted by Gasteiger charge is 2.60. The third-order valence-electron chi connectivity index (χ3n) is 5.53. The van der Waals surface area contributed by atoms with Crippen molar-refractivity contribution in [3.05, 3.63) is 34.9 Å². The van der Waals surface area contributed by atoms with Crippen LogP contribution < -0.4 is 0 Å². The topological polar surface area (TPSA) is 59.1 Å². The van der Waals surface area contributed by atoms with E-state index in [1.54, 1.807) is 0 Å². The van der Waals surface area contributed by atoms with Gasteiger partial charge in [0.15, 0.2) is 6.10 Å². The lowest BCUT2D eigenvalue weighted by molar-refractivity contribution is -0.152. The van der Waals surface area contributed by atoms with E-state index in [1.165, 1.54) is 18.1 Å². The molecule has 1 N–H and O–H groups in total. The first-order chi connectivity index (χ1) is 12.1. The van der Waals surface area contributed by atoms with Crippen molar-refractivity contribution in [1.29, 1.82) is 0 Å². The van der Waals surface area contributed by atoms with Crippen LogP contribution >= 0.6 is 0 Å². The third kappa shape index (κ3) is 5.08. The molecule has 1 heterocycles. The zero-order valence-corrected chi connectivity index (χ0v) is 17.0. The standard InChI is InChI=1S/C22H34O4/c1-14(2)18-12-10-15(3)8-7-9-16(4)11-13-19-22(6,26-19)21(24)20(18)25-17(5)23/h9-10,12,14,19-21,24H,7-8,11,13H2,1-6H3. The van der Waals surface area contributed by atoms with Gasteiger partial charge < -0.3 is 14.6 Å². The molecule has 1 fully saturated rings. The van der Waals surface area contributed by atoms with E-state index in [2.05, 4.69) is 39.8 Å². The van der Waals surface area contributed by atoms with E-state index in [0.717, 1.165) is 31.3 Å². The van der Waals surface area contributed by atoms with E-state index < -0.39 is 17.8 Å². The lowest BCUT2D eigenvalue weighted by Crippen LogP contribution is -2.44. The van der Waals surface area contributed by atoms with Gasteiger partial charge >= 0.3 is 5.97 Å². The predicted octanol–water partition coefficient (Wildman–Crippen LogP) is 4.49. The highest BCUT2D eigenvalue weighted by Crippen LogP contribution is 2.45. The number of ether oxygens (including phenoxy) is 2. The van der Waals surface area contributed by atoms with Gasteiger partial charge in [0.2, 0.25) is 0 Å². The predicted molar refractivity (Wildman–Crippen MR) is 104 cm³/mol. The first kappa shape index (κ1) is 20.9. The maximum atomic E-state index is 11.7. The second kappa shape index (κ2) is 8.53. The smallest absolute Gasteiger partial charge is 0.303 e. The van der Waals surface area contributed by atoms with Crippen LogP contribution in [0.3, 0.4) is 0 Å². The maximum absolute atomic E-state index is 11.7. The number of aliphatic hydroxyl groups is 1. The van der Waals surface area contributed by atoms with E-state index >= 15 is 0 Å². The average Bonchev–Trinajstić information content (AvgIpc) is 3.22. The van der Waals surface area contributed by atoms with Crippen LogP contribution in [0, 0.1) is 5.92 Å². The number of carbonyl (C=O) groups excluding carboxylic acids is 1. The third-order valence-corrected chi connectivity index (χ3v) is 5.53. The first-order valence-corrected chi connectivity index (χ1v) is 9.71. The molecule has 0 saturated carbocycles. The van der Waals surface area contributed by atoms with Crippen molar-refractivity contribution in [2.45, 2.75) is 91.1 Å². The van der Waals surface area contributed by atoms with Gasteiger partial charge in [-0.3, -0.25) is 4.79 Å². The van der Waals surface area contributed by atoms with Crippen LogP contribution in [-0.4, -0.2) is 35.0 Å². The summed E-state index contributed by atoms with van der Waals surface area (Å²) in [6.45, 7) is 11.7. The van der Waals surface area contributed by atoms with Gasteiger partial charge in [-0.15, -0.1) is 0 Å². The maximum Gasteiger partial charge on any atom is 0.303 e. The van der Waals surface area contributed by atoms with Crippen LogP contribution in [0.25, 0.3) is 0 Å². The van der Waals surface area contributed by atoms with Crippen molar-refractivity contribution in [3.63, 3.8) is 0 Å². The SMILES string of the molecule is CC(=O)OC1C(C(C)C)=CC=C(C)CCC=C(C)CCC2OC2(C)C1O. The van der Waals surface area contributed by atoms with Crippen molar-refractivity contribution < 1.29 is 19.4 Å². The molecule has 0 radical (unpaired) electrons. The summed E-state index contributed by atoms with van der Waals surface area (Å²) in [5.74, 6) is -0.240. The minimum absolute atomic E-state index is 0.00691. The lowest BCUT2D eigenvalue weighted by atomic mass is 9.85. The Hall–Kier alpha value is -1.39. The summed E-state index contributed by atoms with van der Waals surface area (Å²) in [6, 6.07) is 0. The molecular formula is C22H34O4. The summed E-state index contributed by atoms with van der Waals surface area (Å²) in [6.07, 6.45) is 8.67. The molecule has 1 aliphatic heterocycles. The first-order valence-electron chi connectivity index (χ1n) is 9.71. The minimum atomic E-state index is -0.883. The average molecular weight is 363 g/mol. The summed E-state index contributed by atoms with van der Waals surface area (Å²) in [4.78, 5) is 11.7. The fourth-order valence-corrected chi connectivity index (χ4v) is 3.62. The Kier molecular flexibility index (Phi) is 6.86. The van der Waals surface area contributed by atoms with E-state index in [-0.39, 0.29) is 18.0 Å². The molecule has 1 aliphatic carbocycles. The zero-order chi connectivity index (χ0) is 19.5. The molecule has 146 valence electrons. The molecule has 4 atom stereocenters. The van der Waals surface area contributed by atoms with Crippen LogP contribution in [0.4, 0.5) is 0 Å². The fraction of sp³-hybridized carbons (Fsp3) is 0.682. The van der Waals surface area contributed by atoms with Crippen molar-refractivity contribution in [2.24, 2.45) is 5.92 Å². The van der Waals surface area contributed by atoms with Crippen LogP contribution in [0.2, 0.25) is 0 Å². The van der Waals surface area contributed by atoms with Gasteiger partial charge in [-0.1, -0.05) is 43.2 Å². The lowest BCUT2D eigenvalue weighted by Gasteiger charge is -2.30. The highest BCUT2D eigenvalue weighted by atomic mass is 16.6. The number of allylic oxidation sites excluding steroid dienone is 5. The molecule has 0 aromatic rings. The number of hydrogen-bond acceptors (Lipinski definition) is 4. The van der Waals surface area contributed by atoms with Crippen molar-refractivity contribution in [1.82, 2.24) is 0 Å². The number of epoxide rings is 1. The molecule has 4 unspecified atom stereocenters. The van der Waals surface area contributed by atoms with Gasteiger partial charge in [0.05, 0.1) is 6.10 Å². The van der Waals surface area contributed by atoms with Gasteiger partial charge in [0.1, 0.15) is 11.7 Å². The molecule has 0 bridgehead atoms. The fourth-order valence-electron chi connectivity index (χ4n) is 3.62. The molecule has 4 nitrogen and oxygen atoms in total. The van der Waals surface area contributed by atoms with Crippen LogP contribution in [0.1, 0.15) is 67.2 Å². The molecule has 4 heteroatoms. The Morgan fingerprint density at radius 1 is 1.27 bits per heavy atom. The molecular weight excluding hydrogens is 328 g/mol. The van der Waals surface area contributed by atoms with E-state index in [0.29, 0.717) is 0 Å². The van der Waals surface area contributed by atoms with Gasteiger partial charge in [-0.25, -0.2) is 0 Å². The molecule has 0 spiro atoms. The Bertz CT molecular complexity index is 614. The van der Waals surface area contributed by atoms with Crippen molar-refractivity contribution >= 4 is 5.97 Å². The van der Waals surface area contributed by atoms with Crippen LogP contribution in [0.15, 0.2) is 34.9 Å². The number of aliphatic hydroxyl groups excluding tert-OH is 1. The van der Waals surface area contributed by atoms with Crippen LogP contribution in [0.5, 0.6) is 0 Å². The largest absolute Gasteiger partial charge is 0.455 e. The number of fused-ring (bicyclic) bond motifs is 1. The van der Waals surface area contributed by atoms with Crippen LogP contribution in [-0.2, 0) is 14.3 Å². The number of carbonyl (C=O) groups is 1. The normalized spacial score (nSPS) is 33.4. The number of hydrogen-bond donors (Lipinski definition) is 1. The minimum Gasteiger partial charge on any atom is -0.455 e. The highest BCUT2D eigenvalue weighted by molar-refractivity contribution is 5.66. The van der Waals surface area contributed by atoms with Gasteiger partial charge in [-0.2, -0.15) is 0 Å².